The van der Waals surface area contributed by atoms with E-state index in [2.05, 4.69) is 15.0 Å². The van der Waals surface area contributed by atoms with Gasteiger partial charge >= 0.3 is 0 Å². The van der Waals surface area contributed by atoms with E-state index >= 15 is 0 Å². The number of hydrogen-bond donors (Lipinski definition) is 0. The first-order valence-electron chi connectivity index (χ1n) is 3.86. The normalized spacial score (nSPS) is 10.1. The second kappa shape index (κ2) is 3.90. The molecule has 0 saturated carbocycles. The fraction of sp³-hybridized carbons (Fsp3) is 0. The summed E-state index contributed by atoms with van der Waals surface area (Å²) in [5.41, 5.74) is 0.789. The summed E-state index contributed by atoms with van der Waals surface area (Å²) < 4.78 is 0. The van der Waals surface area contributed by atoms with E-state index in [0.717, 1.165) is 5.56 Å². The van der Waals surface area contributed by atoms with E-state index in [1.165, 1.54) is 6.07 Å². The Morgan fingerprint density at radius 3 is 2.36 bits per heavy atom. The number of aromatic nitrogens is 3. The molecule has 2 heterocycles. The second-order valence-electron chi connectivity index (χ2n) is 2.58. The molecule has 0 fully saturated rings. The van der Waals surface area contributed by atoms with E-state index in [-0.39, 0.29) is 0 Å². The highest BCUT2D eigenvalue weighted by molar-refractivity contribution is 6.33. The van der Waals surface area contributed by atoms with Crippen molar-refractivity contribution in [1.82, 2.24) is 15.0 Å². The number of rotatable bonds is 1. The number of nitrogens with zero attached hydrogens (tertiary/aromatic N) is 3. The van der Waals surface area contributed by atoms with Crippen LogP contribution in [0.4, 0.5) is 0 Å². The van der Waals surface area contributed by atoms with Crippen LogP contribution in [0.5, 0.6) is 0 Å². The van der Waals surface area contributed by atoms with Crippen molar-refractivity contribution in [2.24, 2.45) is 0 Å². The third kappa shape index (κ3) is 2.00. The van der Waals surface area contributed by atoms with Gasteiger partial charge < -0.3 is 0 Å². The van der Waals surface area contributed by atoms with Gasteiger partial charge in [0.1, 0.15) is 10.3 Å². The largest absolute Gasteiger partial charge is 0.264 e. The molecule has 5 heteroatoms. The molecule has 14 heavy (non-hydrogen) atoms. The maximum atomic E-state index is 5.74. The predicted molar refractivity (Wildman–Crippen MR) is 55.3 cm³/mol. The molecule has 0 N–H and O–H groups in total. The van der Waals surface area contributed by atoms with Crippen LogP contribution in [0.1, 0.15) is 0 Å². The minimum atomic E-state index is 0.323. The Bertz CT molecular complexity index is 425. The molecule has 0 aliphatic heterocycles. The van der Waals surface area contributed by atoms with Crippen LogP contribution in [0.2, 0.25) is 10.3 Å². The highest BCUT2D eigenvalue weighted by atomic mass is 35.5. The summed E-state index contributed by atoms with van der Waals surface area (Å²) in [7, 11) is 0. The maximum absolute atomic E-state index is 5.74. The molecule has 0 aliphatic carbocycles. The van der Waals surface area contributed by atoms with Crippen molar-refractivity contribution in [2.75, 3.05) is 0 Å². The van der Waals surface area contributed by atoms with Crippen LogP contribution in [0.3, 0.4) is 0 Å². The van der Waals surface area contributed by atoms with E-state index in [1.807, 2.05) is 6.07 Å². The Kier molecular flexibility index (Phi) is 2.61. The van der Waals surface area contributed by atoms with Gasteiger partial charge in [0.15, 0.2) is 5.82 Å². The Hall–Kier alpha value is -1.19. The highest BCUT2D eigenvalue weighted by Gasteiger charge is 2.03. The van der Waals surface area contributed by atoms with E-state index in [9.17, 15) is 0 Å². The second-order valence-corrected chi connectivity index (χ2v) is 3.35. The van der Waals surface area contributed by atoms with Gasteiger partial charge in [-0.15, -0.1) is 0 Å². The molecule has 70 valence electrons. The van der Waals surface area contributed by atoms with Crippen molar-refractivity contribution < 1.29 is 0 Å². The molecule has 0 radical (unpaired) electrons. The monoisotopic (exact) mass is 225 g/mol. The lowest BCUT2D eigenvalue weighted by Crippen LogP contribution is -1.90. The number of hydrogen-bond acceptors (Lipinski definition) is 3. The summed E-state index contributed by atoms with van der Waals surface area (Å²) in [5, 5.41) is 0.646. The topological polar surface area (TPSA) is 38.7 Å². The lowest BCUT2D eigenvalue weighted by molar-refractivity contribution is 1.16. The third-order valence-corrected chi connectivity index (χ3v) is 1.97. The SMILES string of the molecule is Clc1cc(Cl)nc(-c2cccnc2)n1. The fourth-order valence-electron chi connectivity index (χ4n) is 1.01. The van der Waals surface area contributed by atoms with Crippen molar-refractivity contribution in [3.8, 4) is 11.4 Å². The zero-order chi connectivity index (χ0) is 9.97. The molecule has 0 unspecified atom stereocenters. The number of pyridine rings is 1. The summed E-state index contributed by atoms with van der Waals surface area (Å²) in [6, 6.07) is 5.13. The molecule has 2 aromatic heterocycles. The molecule has 2 aromatic rings. The lowest BCUT2D eigenvalue weighted by Gasteiger charge is -1.99. The highest BCUT2D eigenvalue weighted by Crippen LogP contribution is 2.18. The van der Waals surface area contributed by atoms with Gasteiger partial charge in [-0.1, -0.05) is 23.2 Å². The predicted octanol–water partition coefficient (Wildman–Crippen LogP) is 2.85. The third-order valence-electron chi connectivity index (χ3n) is 1.58. The van der Waals surface area contributed by atoms with Gasteiger partial charge in [-0.3, -0.25) is 4.98 Å². The molecule has 3 nitrogen and oxygen atoms in total. The quantitative estimate of drug-likeness (QED) is 0.701. The summed E-state index contributed by atoms with van der Waals surface area (Å²) >= 11 is 11.5. The minimum Gasteiger partial charge on any atom is -0.264 e. The van der Waals surface area contributed by atoms with Crippen LogP contribution in [0, 0.1) is 0 Å². The molecule has 0 bridgehead atoms. The van der Waals surface area contributed by atoms with Gasteiger partial charge in [0, 0.05) is 24.0 Å². The number of halogens is 2. The summed E-state index contributed by atoms with van der Waals surface area (Å²) in [6.07, 6.45) is 3.33. The summed E-state index contributed by atoms with van der Waals surface area (Å²) in [4.78, 5) is 12.0. The Balaban J connectivity index is 2.52. The minimum absolute atomic E-state index is 0.323. The maximum Gasteiger partial charge on any atom is 0.164 e. The van der Waals surface area contributed by atoms with Gasteiger partial charge in [0.25, 0.3) is 0 Å². The van der Waals surface area contributed by atoms with Crippen molar-refractivity contribution in [1.29, 1.82) is 0 Å². The molecular formula is C9H5Cl2N3. The fourth-order valence-corrected chi connectivity index (χ4v) is 1.44. The van der Waals surface area contributed by atoms with Crippen molar-refractivity contribution in [3.63, 3.8) is 0 Å². The van der Waals surface area contributed by atoms with Gasteiger partial charge in [-0.05, 0) is 12.1 Å². The van der Waals surface area contributed by atoms with Crippen LogP contribution in [0.15, 0.2) is 30.6 Å². The van der Waals surface area contributed by atoms with Crippen LogP contribution < -0.4 is 0 Å². The molecule has 0 atom stereocenters. The zero-order valence-corrected chi connectivity index (χ0v) is 8.50. The van der Waals surface area contributed by atoms with Crippen LogP contribution >= 0.6 is 23.2 Å². The summed E-state index contributed by atoms with van der Waals surface area (Å²) in [5.74, 6) is 0.482. The van der Waals surface area contributed by atoms with Gasteiger partial charge in [0.2, 0.25) is 0 Å². The van der Waals surface area contributed by atoms with Gasteiger partial charge in [-0.25, -0.2) is 9.97 Å². The van der Waals surface area contributed by atoms with Crippen molar-refractivity contribution in [2.45, 2.75) is 0 Å². The van der Waals surface area contributed by atoms with E-state index in [4.69, 9.17) is 23.2 Å². The molecule has 0 saturated heterocycles. The molecule has 0 aromatic carbocycles. The van der Waals surface area contributed by atoms with E-state index in [0.29, 0.717) is 16.1 Å². The Morgan fingerprint density at radius 2 is 1.79 bits per heavy atom. The molecule has 2 rings (SSSR count). The average Bonchev–Trinajstić information content (AvgIpc) is 2.18. The molecular weight excluding hydrogens is 221 g/mol. The summed E-state index contributed by atoms with van der Waals surface area (Å²) in [6.45, 7) is 0. The molecule has 0 spiro atoms. The zero-order valence-electron chi connectivity index (χ0n) is 6.98. The van der Waals surface area contributed by atoms with Crippen molar-refractivity contribution >= 4 is 23.2 Å². The van der Waals surface area contributed by atoms with Crippen LogP contribution in [-0.2, 0) is 0 Å². The van der Waals surface area contributed by atoms with Crippen LogP contribution in [0.25, 0.3) is 11.4 Å². The first-order valence-corrected chi connectivity index (χ1v) is 4.62. The molecule has 0 amide bonds. The Labute approximate surface area is 90.8 Å². The molecule has 0 aliphatic rings. The Morgan fingerprint density at radius 1 is 1.07 bits per heavy atom. The first kappa shape index (κ1) is 9.37. The van der Waals surface area contributed by atoms with Crippen molar-refractivity contribution in [3.05, 3.63) is 40.9 Å². The first-order chi connectivity index (χ1) is 6.75. The standard InChI is InChI=1S/C9H5Cl2N3/c10-7-4-8(11)14-9(13-7)6-2-1-3-12-5-6/h1-5H. The van der Waals surface area contributed by atoms with Gasteiger partial charge in [0.05, 0.1) is 0 Å². The lowest BCUT2D eigenvalue weighted by atomic mass is 10.3. The van der Waals surface area contributed by atoms with E-state index < -0.39 is 0 Å². The van der Waals surface area contributed by atoms with Gasteiger partial charge in [-0.2, -0.15) is 0 Å². The van der Waals surface area contributed by atoms with Crippen LogP contribution in [-0.4, -0.2) is 15.0 Å². The van der Waals surface area contributed by atoms with E-state index in [1.54, 1.807) is 18.5 Å². The average molecular weight is 226 g/mol. The smallest absolute Gasteiger partial charge is 0.164 e.